The van der Waals surface area contributed by atoms with Gasteiger partial charge in [0.25, 0.3) is 0 Å². The van der Waals surface area contributed by atoms with Gasteiger partial charge in [-0.2, -0.15) is 0 Å². The molecule has 0 radical (unpaired) electrons. The summed E-state index contributed by atoms with van der Waals surface area (Å²) >= 11 is 7.73. The monoisotopic (exact) mass is 402 g/mol. The third-order valence-electron chi connectivity index (χ3n) is 4.62. The van der Waals surface area contributed by atoms with Crippen LogP contribution in [0.25, 0.3) is 0 Å². The Morgan fingerprint density at radius 2 is 1.11 bits per heavy atom. The molecule has 3 nitrogen and oxygen atoms in total. The number of benzene rings is 3. The average molecular weight is 403 g/mol. The second-order valence-corrected chi connectivity index (χ2v) is 12.6. The minimum absolute atomic E-state index is 0. The van der Waals surface area contributed by atoms with Crippen LogP contribution in [-0.2, 0) is 9.53 Å². The molecular weight excluding hydrogens is 379 g/mol. The molecular formula is C22H24ClO3P. The molecule has 0 unspecified atom stereocenters. The SMILES string of the molecule is CCOC(=O)CP(Cl)(c1ccccc1)(c1ccccc1)c1ccccc1.O. The number of esters is 1. The summed E-state index contributed by atoms with van der Waals surface area (Å²) in [6.07, 6.45) is 0.124. The molecule has 0 saturated heterocycles. The first-order valence-electron chi connectivity index (χ1n) is 8.65. The fourth-order valence-corrected chi connectivity index (χ4v) is 9.09. The molecule has 0 amide bonds. The minimum atomic E-state index is -3.54. The summed E-state index contributed by atoms with van der Waals surface area (Å²) in [6.45, 7) is 2.15. The van der Waals surface area contributed by atoms with Crippen molar-refractivity contribution in [2.45, 2.75) is 6.92 Å². The van der Waals surface area contributed by atoms with E-state index in [0.717, 1.165) is 15.9 Å². The van der Waals surface area contributed by atoms with Crippen molar-refractivity contribution in [3.63, 3.8) is 0 Å². The van der Waals surface area contributed by atoms with E-state index in [-0.39, 0.29) is 17.6 Å². The molecule has 2 N–H and O–H groups in total. The molecule has 27 heavy (non-hydrogen) atoms. The van der Waals surface area contributed by atoms with Crippen molar-refractivity contribution in [3.05, 3.63) is 91.0 Å². The van der Waals surface area contributed by atoms with E-state index in [1.807, 2.05) is 97.9 Å². The normalized spacial score (nSPS) is 12.3. The van der Waals surface area contributed by atoms with Crippen molar-refractivity contribution in [2.24, 2.45) is 0 Å². The van der Waals surface area contributed by atoms with Crippen molar-refractivity contribution in [2.75, 3.05) is 12.8 Å². The van der Waals surface area contributed by atoms with Crippen molar-refractivity contribution in [3.8, 4) is 0 Å². The van der Waals surface area contributed by atoms with E-state index in [0.29, 0.717) is 6.61 Å². The predicted molar refractivity (Wildman–Crippen MR) is 116 cm³/mol. The van der Waals surface area contributed by atoms with Gasteiger partial charge in [0, 0.05) is 0 Å². The quantitative estimate of drug-likeness (QED) is 0.468. The average Bonchev–Trinajstić information content (AvgIpc) is 2.70. The molecule has 0 atom stereocenters. The summed E-state index contributed by atoms with van der Waals surface area (Å²) in [7, 11) is 0. The molecule has 0 aliphatic heterocycles. The van der Waals surface area contributed by atoms with E-state index < -0.39 is 5.96 Å². The van der Waals surface area contributed by atoms with E-state index in [1.54, 1.807) is 0 Å². The van der Waals surface area contributed by atoms with Crippen molar-refractivity contribution < 1.29 is 15.0 Å². The molecule has 5 heteroatoms. The molecule has 0 aliphatic rings. The van der Waals surface area contributed by atoms with Gasteiger partial charge in [0.15, 0.2) is 0 Å². The van der Waals surface area contributed by atoms with Crippen LogP contribution in [-0.4, -0.2) is 24.2 Å². The summed E-state index contributed by atoms with van der Waals surface area (Å²) < 4.78 is 5.34. The van der Waals surface area contributed by atoms with Crippen LogP contribution in [0.2, 0.25) is 0 Å². The predicted octanol–water partition coefficient (Wildman–Crippen LogP) is 3.41. The maximum absolute atomic E-state index is 12.7. The number of ether oxygens (including phenoxy) is 1. The zero-order valence-electron chi connectivity index (χ0n) is 15.2. The molecule has 0 aromatic heterocycles. The Morgan fingerprint density at radius 1 is 0.778 bits per heavy atom. The molecule has 0 fully saturated rings. The maximum Gasteiger partial charge on any atom is -0.412 e. The molecule has 0 saturated carbocycles. The fraction of sp³-hybridized carbons (Fsp3) is 0.136. The molecule has 0 spiro atoms. The van der Waals surface area contributed by atoms with Gasteiger partial charge in [0.2, 0.25) is 0 Å². The first-order valence-corrected chi connectivity index (χ1v) is 12.0. The van der Waals surface area contributed by atoms with Gasteiger partial charge in [-0.25, -0.2) is 0 Å². The van der Waals surface area contributed by atoms with Gasteiger partial charge >= 0.3 is 159 Å². The number of rotatable bonds is 6. The van der Waals surface area contributed by atoms with Crippen LogP contribution < -0.4 is 15.9 Å². The van der Waals surface area contributed by atoms with E-state index in [2.05, 4.69) is 0 Å². The molecule has 3 aromatic carbocycles. The molecule has 0 heterocycles. The zero-order chi connectivity index (χ0) is 18.5. The molecule has 142 valence electrons. The number of carbonyl (C=O) groups is 1. The summed E-state index contributed by atoms with van der Waals surface area (Å²) in [5.74, 6) is -3.82. The van der Waals surface area contributed by atoms with Gasteiger partial charge in [-0.1, -0.05) is 0 Å². The van der Waals surface area contributed by atoms with Crippen molar-refractivity contribution in [1.82, 2.24) is 0 Å². The Labute approximate surface area is 165 Å². The van der Waals surface area contributed by atoms with E-state index >= 15 is 0 Å². The minimum Gasteiger partial charge on any atom is -0.412 e. The standard InChI is InChI=1S/C22H22ClO2P.H2O/c1-2-25-22(24)18-26(23,19-12-6-3-7-13-19,20-14-8-4-9-15-20)21-16-10-5-11-17-21;/h3-17H,2,18H2,1H3;1H2. The maximum atomic E-state index is 12.7. The summed E-state index contributed by atoms with van der Waals surface area (Å²) in [6, 6.07) is 29.8. The van der Waals surface area contributed by atoms with Crippen molar-refractivity contribution in [1.29, 1.82) is 0 Å². The van der Waals surface area contributed by atoms with Crippen LogP contribution in [0.1, 0.15) is 6.92 Å². The van der Waals surface area contributed by atoms with Gasteiger partial charge in [-0.05, 0) is 0 Å². The number of carbonyl (C=O) groups excluding carboxylic acids is 1. The Kier molecular flexibility index (Phi) is 6.78. The Hall–Kier alpha value is -2.19. The molecule has 3 aromatic rings. The van der Waals surface area contributed by atoms with Crippen LogP contribution in [0.15, 0.2) is 91.0 Å². The summed E-state index contributed by atoms with van der Waals surface area (Å²) in [5.41, 5.74) is 0. The van der Waals surface area contributed by atoms with Gasteiger partial charge in [-0.3, -0.25) is 0 Å². The smallest absolute Gasteiger partial charge is 0.412 e. The van der Waals surface area contributed by atoms with Gasteiger partial charge in [0.1, 0.15) is 0 Å². The first kappa shape index (κ1) is 21.1. The van der Waals surface area contributed by atoms with E-state index in [9.17, 15) is 4.79 Å². The van der Waals surface area contributed by atoms with Crippen LogP contribution in [0.4, 0.5) is 0 Å². The number of hydrogen-bond donors (Lipinski definition) is 0. The van der Waals surface area contributed by atoms with E-state index in [1.165, 1.54) is 0 Å². The van der Waals surface area contributed by atoms with Crippen molar-refractivity contribution >= 4 is 39.1 Å². The van der Waals surface area contributed by atoms with E-state index in [4.69, 9.17) is 16.0 Å². The Balaban J connectivity index is 0.00000261. The Bertz CT molecular complexity index is 770. The summed E-state index contributed by atoms with van der Waals surface area (Å²) in [4.78, 5) is 12.7. The van der Waals surface area contributed by atoms with Crippen LogP contribution in [0, 0.1) is 0 Å². The molecule has 0 bridgehead atoms. The first-order chi connectivity index (χ1) is 12.6. The second-order valence-electron chi connectivity index (χ2n) is 6.15. The Morgan fingerprint density at radius 3 is 1.41 bits per heavy atom. The number of hydrogen-bond acceptors (Lipinski definition) is 2. The molecule has 3 rings (SSSR count). The fourth-order valence-electron chi connectivity index (χ4n) is 3.39. The molecule has 0 aliphatic carbocycles. The summed E-state index contributed by atoms with van der Waals surface area (Å²) in [5, 5.41) is 2.89. The third-order valence-corrected chi connectivity index (χ3v) is 11.7. The topological polar surface area (TPSA) is 57.8 Å². The van der Waals surface area contributed by atoms with Gasteiger partial charge < -0.3 is 5.48 Å². The van der Waals surface area contributed by atoms with Crippen LogP contribution in [0.5, 0.6) is 0 Å². The van der Waals surface area contributed by atoms with Crippen LogP contribution >= 0.6 is 17.2 Å². The number of halogens is 1. The second kappa shape index (κ2) is 8.67. The van der Waals surface area contributed by atoms with Crippen LogP contribution in [0.3, 0.4) is 0 Å². The van der Waals surface area contributed by atoms with Gasteiger partial charge in [-0.15, -0.1) is 0 Å². The largest absolute Gasteiger partial charge is 0.412 e. The van der Waals surface area contributed by atoms with Gasteiger partial charge in [0.05, 0.1) is 0 Å². The zero-order valence-corrected chi connectivity index (χ0v) is 16.9. The third kappa shape index (κ3) is 3.77.